The molecule has 10 aromatic rings. The standard InChI is InChI=1S/C53H34N2S/c1-4-16-37(17-5-1)52-54-46(36-32-30-35(31-33-36)40-24-15-29-49-51(40)43-23-11-13-28-48(43)56-49)34-47(55-52)42-25-14-27-45-50(42)41-22-10-12-26-44(41)53(45,38-18-6-2-7-19-38)39-20-8-3-9-21-39/h1-34H. The van der Waals surface area contributed by atoms with Gasteiger partial charge in [0, 0.05) is 36.9 Å². The maximum Gasteiger partial charge on any atom is 0.160 e. The Bertz CT molecular complexity index is 3020. The van der Waals surface area contributed by atoms with Crippen LogP contribution in [0.1, 0.15) is 22.3 Å². The van der Waals surface area contributed by atoms with Crippen LogP contribution in [-0.4, -0.2) is 9.97 Å². The molecule has 0 saturated carbocycles. The van der Waals surface area contributed by atoms with Crippen molar-refractivity contribution in [2.75, 3.05) is 0 Å². The van der Waals surface area contributed by atoms with Crippen molar-refractivity contribution in [2.24, 2.45) is 0 Å². The Morgan fingerprint density at radius 3 is 1.70 bits per heavy atom. The van der Waals surface area contributed by atoms with E-state index in [2.05, 4.69) is 200 Å². The van der Waals surface area contributed by atoms with Crippen LogP contribution in [-0.2, 0) is 5.41 Å². The smallest absolute Gasteiger partial charge is 0.160 e. The van der Waals surface area contributed by atoms with Crippen LogP contribution < -0.4 is 0 Å². The van der Waals surface area contributed by atoms with Crippen molar-refractivity contribution in [3.8, 4) is 56.2 Å². The van der Waals surface area contributed by atoms with Crippen molar-refractivity contribution in [3.05, 3.63) is 229 Å². The summed E-state index contributed by atoms with van der Waals surface area (Å²) in [7, 11) is 0. The van der Waals surface area contributed by atoms with E-state index in [-0.39, 0.29) is 0 Å². The number of aromatic nitrogens is 2. The van der Waals surface area contributed by atoms with E-state index in [9.17, 15) is 0 Å². The highest BCUT2D eigenvalue weighted by molar-refractivity contribution is 7.25. The van der Waals surface area contributed by atoms with E-state index < -0.39 is 5.41 Å². The molecule has 2 nitrogen and oxygen atoms in total. The SMILES string of the molecule is c1ccc(-c2nc(-c3ccc(-c4cccc5sc6ccccc6c45)cc3)cc(-c3cccc4c3-c3ccccc3C4(c3ccccc3)c3ccccc3)n2)cc1. The van der Waals surface area contributed by atoms with E-state index in [0.29, 0.717) is 5.82 Å². The highest BCUT2D eigenvalue weighted by atomic mass is 32.1. The summed E-state index contributed by atoms with van der Waals surface area (Å²) in [5.41, 5.74) is 14.3. The quantitative estimate of drug-likeness (QED) is 0.170. The van der Waals surface area contributed by atoms with E-state index >= 15 is 0 Å². The van der Waals surface area contributed by atoms with E-state index in [1.54, 1.807) is 0 Å². The summed E-state index contributed by atoms with van der Waals surface area (Å²) in [6.45, 7) is 0. The van der Waals surface area contributed by atoms with Gasteiger partial charge in [-0.3, -0.25) is 0 Å². The monoisotopic (exact) mass is 730 g/mol. The van der Waals surface area contributed by atoms with Crippen LogP contribution in [0.2, 0.25) is 0 Å². The average molecular weight is 731 g/mol. The van der Waals surface area contributed by atoms with Crippen molar-refractivity contribution in [1.29, 1.82) is 0 Å². The molecule has 2 aromatic heterocycles. The fourth-order valence-electron chi connectivity index (χ4n) is 8.99. The number of hydrogen-bond acceptors (Lipinski definition) is 3. The second kappa shape index (κ2) is 13.1. The van der Waals surface area contributed by atoms with Crippen molar-refractivity contribution in [3.63, 3.8) is 0 Å². The molecule has 3 heteroatoms. The van der Waals surface area contributed by atoms with Gasteiger partial charge < -0.3 is 0 Å². The van der Waals surface area contributed by atoms with E-state index in [4.69, 9.17) is 9.97 Å². The molecule has 0 radical (unpaired) electrons. The summed E-state index contributed by atoms with van der Waals surface area (Å²) < 4.78 is 2.62. The Labute approximate surface area is 330 Å². The third-order valence-corrected chi connectivity index (χ3v) is 12.5. The van der Waals surface area contributed by atoms with Crippen molar-refractivity contribution >= 4 is 31.5 Å². The molecular formula is C53H34N2S. The van der Waals surface area contributed by atoms with Crippen LogP contribution in [0.15, 0.2) is 206 Å². The van der Waals surface area contributed by atoms with Gasteiger partial charge in [-0.15, -0.1) is 11.3 Å². The van der Waals surface area contributed by atoms with Gasteiger partial charge in [0.15, 0.2) is 5.82 Å². The third-order valence-electron chi connectivity index (χ3n) is 11.4. The molecule has 11 rings (SSSR count). The van der Waals surface area contributed by atoms with E-state index in [1.807, 2.05) is 17.4 Å². The summed E-state index contributed by atoms with van der Waals surface area (Å²) in [6, 6.07) is 74.4. The molecule has 2 heterocycles. The van der Waals surface area contributed by atoms with Gasteiger partial charge in [0.25, 0.3) is 0 Å². The van der Waals surface area contributed by atoms with Gasteiger partial charge in [-0.2, -0.15) is 0 Å². The predicted molar refractivity (Wildman–Crippen MR) is 234 cm³/mol. The van der Waals surface area contributed by atoms with Crippen LogP contribution in [0, 0.1) is 0 Å². The first-order valence-corrected chi connectivity index (χ1v) is 19.9. The Morgan fingerprint density at radius 1 is 0.375 bits per heavy atom. The molecule has 0 aliphatic heterocycles. The third kappa shape index (κ3) is 5.02. The summed E-state index contributed by atoms with van der Waals surface area (Å²) in [5.74, 6) is 0.706. The van der Waals surface area contributed by atoms with Crippen LogP contribution in [0.4, 0.5) is 0 Å². The number of rotatable bonds is 6. The minimum Gasteiger partial charge on any atom is -0.228 e. The molecule has 0 N–H and O–H groups in total. The lowest BCUT2D eigenvalue weighted by atomic mass is 9.67. The topological polar surface area (TPSA) is 25.8 Å². The summed E-state index contributed by atoms with van der Waals surface area (Å²) in [4.78, 5) is 10.6. The fourth-order valence-corrected chi connectivity index (χ4v) is 10.1. The molecule has 0 saturated heterocycles. The molecule has 1 aliphatic rings. The number of fused-ring (bicyclic) bond motifs is 6. The number of hydrogen-bond donors (Lipinski definition) is 0. The van der Waals surface area contributed by atoms with Gasteiger partial charge in [-0.25, -0.2) is 9.97 Å². The minimum absolute atomic E-state index is 0.491. The number of thiophene rings is 1. The molecule has 0 fully saturated rings. The largest absolute Gasteiger partial charge is 0.228 e. The first kappa shape index (κ1) is 32.5. The van der Waals surface area contributed by atoms with Gasteiger partial charge >= 0.3 is 0 Å². The van der Waals surface area contributed by atoms with Crippen LogP contribution >= 0.6 is 11.3 Å². The molecule has 56 heavy (non-hydrogen) atoms. The normalized spacial score (nSPS) is 12.8. The second-order valence-corrected chi connectivity index (χ2v) is 15.5. The van der Waals surface area contributed by atoms with Crippen molar-refractivity contribution < 1.29 is 0 Å². The van der Waals surface area contributed by atoms with Crippen molar-refractivity contribution in [1.82, 2.24) is 9.97 Å². The summed E-state index contributed by atoms with van der Waals surface area (Å²) >= 11 is 1.85. The van der Waals surface area contributed by atoms with Crippen LogP contribution in [0.25, 0.3) is 76.3 Å². The first-order valence-electron chi connectivity index (χ1n) is 19.1. The maximum atomic E-state index is 5.36. The highest BCUT2D eigenvalue weighted by Crippen LogP contribution is 2.58. The van der Waals surface area contributed by atoms with E-state index in [1.165, 1.54) is 64.7 Å². The van der Waals surface area contributed by atoms with Gasteiger partial charge in [0.05, 0.1) is 16.8 Å². The van der Waals surface area contributed by atoms with E-state index in [0.717, 1.165) is 28.1 Å². The zero-order valence-corrected chi connectivity index (χ0v) is 31.2. The first-order chi connectivity index (χ1) is 27.8. The molecule has 0 amide bonds. The molecule has 8 aromatic carbocycles. The maximum absolute atomic E-state index is 5.36. The molecular weight excluding hydrogens is 697 g/mol. The zero-order chi connectivity index (χ0) is 37.1. The van der Waals surface area contributed by atoms with Crippen LogP contribution in [0.5, 0.6) is 0 Å². The van der Waals surface area contributed by atoms with Crippen molar-refractivity contribution in [2.45, 2.75) is 5.41 Å². The predicted octanol–water partition coefficient (Wildman–Crippen LogP) is 13.9. The molecule has 1 aliphatic carbocycles. The Balaban J connectivity index is 1.11. The molecule has 0 atom stereocenters. The average Bonchev–Trinajstić information content (AvgIpc) is 3.82. The minimum atomic E-state index is -0.491. The fraction of sp³-hybridized carbons (Fsp3) is 0.0189. The van der Waals surface area contributed by atoms with Gasteiger partial charge in [-0.1, -0.05) is 188 Å². The summed E-state index contributed by atoms with van der Waals surface area (Å²) in [5, 5.41) is 2.62. The Morgan fingerprint density at radius 2 is 0.929 bits per heavy atom. The highest BCUT2D eigenvalue weighted by Gasteiger charge is 2.46. The molecule has 0 spiro atoms. The lowest BCUT2D eigenvalue weighted by Gasteiger charge is -2.33. The lowest BCUT2D eigenvalue weighted by Crippen LogP contribution is -2.28. The van der Waals surface area contributed by atoms with Gasteiger partial charge in [-0.05, 0) is 62.7 Å². The van der Waals surface area contributed by atoms with Gasteiger partial charge in [0.2, 0.25) is 0 Å². The number of benzene rings is 8. The molecule has 0 unspecified atom stereocenters. The number of nitrogens with zero attached hydrogens (tertiary/aromatic N) is 2. The Hall–Kier alpha value is -6.94. The van der Waals surface area contributed by atoms with Crippen LogP contribution in [0.3, 0.4) is 0 Å². The molecule has 262 valence electrons. The zero-order valence-electron chi connectivity index (χ0n) is 30.4. The second-order valence-electron chi connectivity index (χ2n) is 14.4. The molecule has 0 bridgehead atoms. The lowest BCUT2D eigenvalue weighted by molar-refractivity contribution is 0.768. The van der Waals surface area contributed by atoms with Gasteiger partial charge in [0.1, 0.15) is 0 Å². The summed E-state index contributed by atoms with van der Waals surface area (Å²) in [6.07, 6.45) is 0. The Kier molecular flexibility index (Phi) is 7.61.